The number of hydrogen-bond acceptors (Lipinski definition) is 7. The number of nitrogens with zero attached hydrogens (tertiary/aromatic N) is 2. The predicted octanol–water partition coefficient (Wildman–Crippen LogP) is 3.78. The summed E-state index contributed by atoms with van der Waals surface area (Å²) in [7, 11) is -3.97. The van der Waals surface area contributed by atoms with Crippen LogP contribution < -0.4 is 10.1 Å². The Morgan fingerprint density at radius 1 is 1.36 bits per heavy atom. The molecule has 1 aromatic rings. The third kappa shape index (κ3) is 6.46. The Bertz CT molecular complexity index is 1120. The van der Waals surface area contributed by atoms with Gasteiger partial charge in [-0.1, -0.05) is 32.4 Å². The van der Waals surface area contributed by atoms with Crippen LogP contribution in [0.1, 0.15) is 47.0 Å². The normalized spacial score (nSPS) is 22.4. The van der Waals surface area contributed by atoms with Crippen molar-refractivity contribution >= 4 is 27.3 Å². The summed E-state index contributed by atoms with van der Waals surface area (Å²) in [5.74, 6) is -0.166. The Kier molecular flexibility index (Phi) is 8.55. The van der Waals surface area contributed by atoms with Crippen LogP contribution in [0.25, 0.3) is 0 Å². The minimum absolute atomic E-state index is 0.0287. The summed E-state index contributed by atoms with van der Waals surface area (Å²) in [6.45, 7) is 6.67. The van der Waals surface area contributed by atoms with Gasteiger partial charge < -0.3 is 14.4 Å². The Balaban J connectivity index is 1.75. The van der Waals surface area contributed by atoms with Gasteiger partial charge in [0.05, 0.1) is 40.6 Å². The molecule has 2 aliphatic rings. The van der Waals surface area contributed by atoms with E-state index in [-0.39, 0.29) is 47.9 Å². The lowest BCUT2D eigenvalue weighted by atomic mass is 9.94. The topological polar surface area (TPSA) is 109 Å². The number of amides is 1. The molecular formula is C24H32ClF2N3O5S. The van der Waals surface area contributed by atoms with Crippen LogP contribution in [0.15, 0.2) is 23.1 Å². The molecule has 1 N–H and O–H groups in total. The molecule has 1 aliphatic heterocycles. The predicted molar refractivity (Wildman–Crippen MR) is 130 cm³/mol. The van der Waals surface area contributed by atoms with Crippen LogP contribution in [0.2, 0.25) is 5.02 Å². The monoisotopic (exact) mass is 547 g/mol. The fraction of sp³-hybridized carbons (Fsp3) is 0.667. The second kappa shape index (κ2) is 10.8. The lowest BCUT2D eigenvalue weighted by Gasteiger charge is -2.30. The number of ether oxygens (including phenoxy) is 2. The molecule has 1 aliphatic carbocycles. The summed E-state index contributed by atoms with van der Waals surface area (Å²) in [6.07, 6.45) is -2.45. The van der Waals surface area contributed by atoms with Gasteiger partial charge in [-0.25, -0.2) is 17.2 Å². The molecule has 0 aromatic heterocycles. The van der Waals surface area contributed by atoms with Crippen LogP contribution in [0.5, 0.6) is 5.75 Å². The average molecular weight is 548 g/mol. The van der Waals surface area contributed by atoms with E-state index in [4.69, 9.17) is 21.1 Å². The number of rotatable bonds is 10. The number of hydrogen-bond donors (Lipinski definition) is 1. The van der Waals surface area contributed by atoms with Crippen molar-refractivity contribution in [1.29, 1.82) is 5.26 Å². The zero-order valence-corrected chi connectivity index (χ0v) is 22.3. The molecule has 1 saturated heterocycles. The maximum Gasteiger partial charge on any atom is 0.274 e. The highest BCUT2D eigenvalue weighted by Gasteiger charge is 2.46. The lowest BCUT2D eigenvalue weighted by molar-refractivity contribution is -0.141. The van der Waals surface area contributed by atoms with Gasteiger partial charge in [0.15, 0.2) is 15.9 Å². The third-order valence-corrected chi connectivity index (χ3v) is 9.00. The molecule has 1 saturated carbocycles. The molecule has 1 amide bonds. The van der Waals surface area contributed by atoms with E-state index in [2.05, 4.69) is 11.4 Å². The molecule has 3 atom stereocenters. The number of benzene rings is 1. The molecule has 0 spiro atoms. The molecule has 3 unspecified atom stereocenters. The average Bonchev–Trinajstić information content (AvgIpc) is 3.44. The van der Waals surface area contributed by atoms with Gasteiger partial charge in [-0.2, -0.15) is 5.26 Å². The van der Waals surface area contributed by atoms with E-state index in [1.54, 1.807) is 20.8 Å². The van der Waals surface area contributed by atoms with Crippen molar-refractivity contribution in [3.8, 4) is 11.8 Å². The minimum atomic E-state index is -3.97. The summed E-state index contributed by atoms with van der Waals surface area (Å²) in [4.78, 5) is 14.5. The molecule has 8 nitrogen and oxygen atoms in total. The number of alkyl halides is 2. The number of nitrogens with one attached hydrogen (secondary N) is 1. The first-order chi connectivity index (χ1) is 16.7. The van der Waals surface area contributed by atoms with Crippen LogP contribution in [-0.4, -0.2) is 68.5 Å². The van der Waals surface area contributed by atoms with Crippen molar-refractivity contribution < 1.29 is 31.5 Å². The van der Waals surface area contributed by atoms with Gasteiger partial charge in [-0.05, 0) is 38.3 Å². The zero-order valence-electron chi connectivity index (χ0n) is 20.8. The van der Waals surface area contributed by atoms with Crippen LogP contribution in [0.4, 0.5) is 8.78 Å². The van der Waals surface area contributed by atoms with Gasteiger partial charge in [0, 0.05) is 18.0 Å². The van der Waals surface area contributed by atoms with Gasteiger partial charge >= 0.3 is 0 Å². The molecule has 1 heterocycles. The van der Waals surface area contributed by atoms with Crippen molar-refractivity contribution in [2.24, 2.45) is 5.41 Å². The summed E-state index contributed by atoms with van der Waals surface area (Å²) in [5.41, 5.74) is -1.28. The maximum absolute atomic E-state index is 13.5. The fourth-order valence-corrected chi connectivity index (χ4v) is 6.28. The number of sulfone groups is 1. The molecular weight excluding hydrogens is 516 g/mol. The summed E-state index contributed by atoms with van der Waals surface area (Å²) >= 11 is 6.24. The second-order valence-corrected chi connectivity index (χ2v) is 13.0. The smallest absolute Gasteiger partial charge is 0.274 e. The second-order valence-electron chi connectivity index (χ2n) is 10.4. The van der Waals surface area contributed by atoms with Gasteiger partial charge in [0.2, 0.25) is 5.91 Å². The van der Waals surface area contributed by atoms with Gasteiger partial charge in [-0.15, -0.1) is 0 Å². The number of likely N-dealkylation sites (tertiary alicyclic amines) is 1. The van der Waals surface area contributed by atoms with E-state index in [0.29, 0.717) is 0 Å². The van der Waals surface area contributed by atoms with Crippen LogP contribution in [-0.2, 0) is 19.4 Å². The van der Waals surface area contributed by atoms with Gasteiger partial charge in [0.25, 0.3) is 6.43 Å². The van der Waals surface area contributed by atoms with Crippen molar-refractivity contribution in [2.75, 3.05) is 19.9 Å². The Morgan fingerprint density at radius 3 is 2.56 bits per heavy atom. The first-order valence-corrected chi connectivity index (χ1v) is 13.7. The minimum Gasteiger partial charge on any atom is -0.485 e. The maximum atomic E-state index is 13.5. The van der Waals surface area contributed by atoms with E-state index >= 15 is 0 Å². The quantitative estimate of drug-likeness (QED) is 0.351. The van der Waals surface area contributed by atoms with Crippen molar-refractivity contribution in [3.05, 3.63) is 23.2 Å². The summed E-state index contributed by atoms with van der Waals surface area (Å²) < 4.78 is 63.4. The van der Waals surface area contributed by atoms with Crippen LogP contribution >= 0.6 is 11.6 Å². The highest BCUT2D eigenvalue weighted by Crippen LogP contribution is 2.36. The largest absolute Gasteiger partial charge is 0.485 e. The summed E-state index contributed by atoms with van der Waals surface area (Å²) in [6, 6.07) is 5.46. The Labute approximate surface area is 215 Å². The molecule has 12 heteroatoms. The van der Waals surface area contributed by atoms with Crippen LogP contribution in [0, 0.1) is 16.7 Å². The number of carbonyl (C=O) groups excluding carboxylic acids is 1. The van der Waals surface area contributed by atoms with E-state index < -0.39 is 44.6 Å². The Hall–Kier alpha value is -2.00. The third-order valence-electron chi connectivity index (χ3n) is 6.39. The summed E-state index contributed by atoms with van der Waals surface area (Å²) in [5, 5.41) is 11.1. The molecule has 0 radical (unpaired) electrons. The van der Waals surface area contributed by atoms with E-state index in [1.807, 2.05) is 0 Å². The van der Waals surface area contributed by atoms with Gasteiger partial charge in [0.1, 0.15) is 11.3 Å². The molecule has 200 valence electrons. The number of halogens is 3. The van der Waals surface area contributed by atoms with E-state index in [0.717, 1.165) is 12.8 Å². The zero-order chi connectivity index (χ0) is 26.9. The number of carbonyl (C=O) groups is 1. The lowest BCUT2D eigenvalue weighted by Crippen LogP contribution is -2.45. The number of nitriles is 1. The molecule has 3 rings (SSSR count). The van der Waals surface area contributed by atoms with E-state index in [1.165, 1.54) is 30.0 Å². The standard InChI is InChI=1S/C24H32ClF2N3O5S/c1-15(21(26)27)35-17-5-6-20(19(25)10-17)36(32,33)18-9-16(30(11-18)22(31)23(2,3)4)12-34-14-29-24(13-28)7-8-24/h5-6,10,15-16,18,21,29H,7-9,11-12,14H2,1-4H3. The fourth-order valence-electron chi connectivity index (χ4n) is 4.00. The molecule has 0 bridgehead atoms. The molecule has 36 heavy (non-hydrogen) atoms. The van der Waals surface area contributed by atoms with Crippen molar-refractivity contribution in [1.82, 2.24) is 10.2 Å². The Morgan fingerprint density at radius 2 is 2.03 bits per heavy atom. The van der Waals surface area contributed by atoms with Gasteiger partial charge in [-0.3, -0.25) is 10.1 Å². The SMILES string of the molecule is CC(Oc1ccc(S(=O)(=O)C2CC(COCNC3(C#N)CC3)N(C(=O)C(C)(C)C)C2)c(Cl)c1)C(F)F. The van der Waals surface area contributed by atoms with Crippen molar-refractivity contribution in [2.45, 2.75) is 81.2 Å². The molecule has 1 aromatic carbocycles. The first-order valence-electron chi connectivity index (χ1n) is 11.7. The van der Waals surface area contributed by atoms with Crippen LogP contribution in [0.3, 0.4) is 0 Å². The van der Waals surface area contributed by atoms with Crippen molar-refractivity contribution in [3.63, 3.8) is 0 Å². The molecule has 2 fully saturated rings. The highest BCUT2D eigenvalue weighted by atomic mass is 35.5. The first kappa shape index (κ1) is 28.6. The van der Waals surface area contributed by atoms with E-state index in [9.17, 15) is 27.3 Å². The highest BCUT2D eigenvalue weighted by molar-refractivity contribution is 7.92.